The molecule has 92 valence electrons. The van der Waals surface area contributed by atoms with Gasteiger partial charge < -0.3 is 0 Å². The molecular formula is C10H19N3O2S. The van der Waals surface area contributed by atoms with E-state index in [0.29, 0.717) is 0 Å². The third kappa shape index (κ3) is 3.94. The highest BCUT2D eigenvalue weighted by Gasteiger charge is 2.17. The van der Waals surface area contributed by atoms with Crippen molar-refractivity contribution < 1.29 is 8.42 Å². The Labute approximate surface area is 96.7 Å². The van der Waals surface area contributed by atoms with Crippen molar-refractivity contribution in [3.63, 3.8) is 0 Å². The molecule has 0 saturated heterocycles. The fourth-order valence-electron chi connectivity index (χ4n) is 1.48. The van der Waals surface area contributed by atoms with E-state index in [1.54, 1.807) is 0 Å². The molecule has 6 heteroatoms. The summed E-state index contributed by atoms with van der Waals surface area (Å²) < 4.78 is 26.1. The second kappa shape index (κ2) is 6.00. The smallest absolute Gasteiger partial charge is 0.257 e. The average molecular weight is 245 g/mol. The van der Waals surface area contributed by atoms with Crippen LogP contribution in [0.5, 0.6) is 0 Å². The highest BCUT2D eigenvalue weighted by atomic mass is 32.2. The molecule has 2 N–H and O–H groups in total. The van der Waals surface area contributed by atoms with Gasteiger partial charge in [0.2, 0.25) is 0 Å². The molecule has 0 fully saturated rings. The number of hydrogen-bond donors (Lipinski definition) is 2. The van der Waals surface area contributed by atoms with E-state index in [2.05, 4.69) is 21.8 Å². The van der Waals surface area contributed by atoms with Gasteiger partial charge in [-0.3, -0.25) is 5.10 Å². The van der Waals surface area contributed by atoms with Crippen LogP contribution in [-0.2, 0) is 10.0 Å². The topological polar surface area (TPSA) is 74.8 Å². The molecule has 0 aromatic carbocycles. The Kier molecular flexibility index (Phi) is 4.95. The third-order valence-electron chi connectivity index (χ3n) is 2.36. The van der Waals surface area contributed by atoms with Crippen molar-refractivity contribution in [1.82, 2.24) is 14.9 Å². The molecule has 1 rings (SSSR count). The molecule has 1 aromatic rings. The van der Waals surface area contributed by atoms with Crippen molar-refractivity contribution in [2.45, 2.75) is 50.6 Å². The second-order valence-electron chi connectivity index (χ2n) is 3.94. The van der Waals surface area contributed by atoms with Crippen LogP contribution in [0.3, 0.4) is 0 Å². The van der Waals surface area contributed by atoms with E-state index in [1.165, 1.54) is 12.3 Å². The van der Waals surface area contributed by atoms with Gasteiger partial charge in [0.1, 0.15) is 0 Å². The zero-order valence-electron chi connectivity index (χ0n) is 9.73. The maximum atomic E-state index is 11.8. The fraction of sp³-hybridized carbons (Fsp3) is 0.700. The molecule has 1 unspecified atom stereocenters. The van der Waals surface area contributed by atoms with Gasteiger partial charge in [-0.15, -0.1) is 0 Å². The molecule has 0 bridgehead atoms. The predicted molar refractivity (Wildman–Crippen MR) is 62.5 cm³/mol. The summed E-state index contributed by atoms with van der Waals surface area (Å²) in [6, 6.07) is 1.40. The number of unbranched alkanes of at least 4 members (excludes halogenated alkanes) is 2. The summed E-state index contributed by atoms with van der Waals surface area (Å²) in [5, 5.41) is 6.20. The van der Waals surface area contributed by atoms with Crippen molar-refractivity contribution in [2.75, 3.05) is 0 Å². The normalized spacial score (nSPS) is 13.9. The molecule has 1 heterocycles. The number of rotatable bonds is 7. The molecule has 0 saturated carbocycles. The van der Waals surface area contributed by atoms with Crippen molar-refractivity contribution in [3.8, 4) is 0 Å². The standard InChI is InChI=1S/C10H19N3O2S/c1-3-4-5-6-9(2)13-16(14,15)10-7-8-11-12-10/h7-9,13H,3-6H2,1-2H3,(H,11,12). The zero-order valence-corrected chi connectivity index (χ0v) is 10.5. The summed E-state index contributed by atoms with van der Waals surface area (Å²) in [7, 11) is -3.42. The number of sulfonamides is 1. The second-order valence-corrected chi connectivity index (χ2v) is 5.62. The predicted octanol–water partition coefficient (Wildman–Crippen LogP) is 1.66. The van der Waals surface area contributed by atoms with Gasteiger partial charge >= 0.3 is 0 Å². The van der Waals surface area contributed by atoms with Crippen LogP contribution in [-0.4, -0.2) is 24.7 Å². The lowest BCUT2D eigenvalue weighted by atomic mass is 10.1. The molecule has 1 atom stereocenters. The zero-order chi connectivity index (χ0) is 12.0. The first-order valence-electron chi connectivity index (χ1n) is 5.58. The molecule has 0 aliphatic heterocycles. The summed E-state index contributed by atoms with van der Waals surface area (Å²) in [4.78, 5) is 0. The Morgan fingerprint density at radius 2 is 2.25 bits per heavy atom. The molecular weight excluding hydrogens is 226 g/mol. The fourth-order valence-corrected chi connectivity index (χ4v) is 2.67. The van der Waals surface area contributed by atoms with Crippen molar-refractivity contribution in [1.29, 1.82) is 0 Å². The van der Waals surface area contributed by atoms with Crippen LogP contribution in [0, 0.1) is 0 Å². The monoisotopic (exact) mass is 245 g/mol. The largest absolute Gasteiger partial charge is 0.266 e. The number of hydrogen-bond acceptors (Lipinski definition) is 3. The van der Waals surface area contributed by atoms with Crippen molar-refractivity contribution >= 4 is 10.0 Å². The number of H-pyrrole nitrogens is 1. The average Bonchev–Trinajstić information content (AvgIpc) is 2.70. The molecule has 0 aliphatic carbocycles. The highest BCUT2D eigenvalue weighted by Crippen LogP contribution is 2.08. The van der Waals surface area contributed by atoms with Crippen LogP contribution in [0.2, 0.25) is 0 Å². The van der Waals surface area contributed by atoms with Gasteiger partial charge in [0.25, 0.3) is 10.0 Å². The van der Waals surface area contributed by atoms with Crippen molar-refractivity contribution in [3.05, 3.63) is 12.3 Å². The summed E-state index contributed by atoms with van der Waals surface area (Å²) in [6.45, 7) is 4.00. The lowest BCUT2D eigenvalue weighted by Gasteiger charge is -2.12. The van der Waals surface area contributed by atoms with Gasteiger partial charge in [-0.2, -0.15) is 5.10 Å². The minimum atomic E-state index is -3.42. The Hall–Kier alpha value is -0.880. The first-order valence-corrected chi connectivity index (χ1v) is 7.06. The minimum Gasteiger partial charge on any atom is -0.266 e. The van der Waals surface area contributed by atoms with Crippen LogP contribution in [0.1, 0.15) is 39.5 Å². The molecule has 0 aliphatic rings. The lowest BCUT2D eigenvalue weighted by molar-refractivity contribution is 0.525. The van der Waals surface area contributed by atoms with Gasteiger partial charge in [0, 0.05) is 6.04 Å². The minimum absolute atomic E-state index is 0.0418. The summed E-state index contributed by atoms with van der Waals surface area (Å²) in [5.41, 5.74) is 0. The van der Waals surface area contributed by atoms with Gasteiger partial charge in [-0.05, 0) is 19.4 Å². The molecule has 1 aromatic heterocycles. The van der Waals surface area contributed by atoms with Crippen LogP contribution in [0.15, 0.2) is 17.3 Å². The Morgan fingerprint density at radius 1 is 1.50 bits per heavy atom. The maximum Gasteiger partial charge on any atom is 0.257 e. The Balaban J connectivity index is 2.47. The van der Waals surface area contributed by atoms with Crippen LogP contribution in [0.4, 0.5) is 0 Å². The van der Waals surface area contributed by atoms with Gasteiger partial charge in [-0.25, -0.2) is 13.1 Å². The van der Waals surface area contributed by atoms with Crippen LogP contribution < -0.4 is 4.72 Å². The van der Waals surface area contributed by atoms with Gasteiger partial charge in [-0.1, -0.05) is 26.2 Å². The molecule has 0 amide bonds. The first kappa shape index (κ1) is 13.2. The molecule has 0 radical (unpaired) electrons. The summed E-state index contributed by atoms with van der Waals surface area (Å²) in [5.74, 6) is 0. The summed E-state index contributed by atoms with van der Waals surface area (Å²) in [6.07, 6.45) is 5.61. The first-order chi connectivity index (χ1) is 7.56. The lowest BCUT2D eigenvalue weighted by Crippen LogP contribution is -2.32. The molecule has 16 heavy (non-hydrogen) atoms. The van der Waals surface area contributed by atoms with E-state index < -0.39 is 10.0 Å². The van der Waals surface area contributed by atoms with Crippen molar-refractivity contribution in [2.24, 2.45) is 0 Å². The van der Waals surface area contributed by atoms with E-state index in [0.717, 1.165) is 25.7 Å². The van der Waals surface area contributed by atoms with Crippen LogP contribution >= 0.6 is 0 Å². The third-order valence-corrected chi connectivity index (χ3v) is 3.88. The number of nitrogens with zero attached hydrogens (tertiary/aromatic N) is 1. The maximum absolute atomic E-state index is 11.8. The number of aromatic amines is 1. The van der Waals surface area contributed by atoms with E-state index in [-0.39, 0.29) is 11.1 Å². The Bertz CT molecular complexity index is 386. The highest BCUT2D eigenvalue weighted by molar-refractivity contribution is 7.89. The van der Waals surface area contributed by atoms with Gasteiger partial charge in [0.05, 0.1) is 6.20 Å². The van der Waals surface area contributed by atoms with E-state index in [1.807, 2.05) is 6.92 Å². The van der Waals surface area contributed by atoms with Crippen LogP contribution in [0.25, 0.3) is 0 Å². The van der Waals surface area contributed by atoms with E-state index in [9.17, 15) is 8.42 Å². The number of aromatic nitrogens is 2. The Morgan fingerprint density at radius 3 is 2.81 bits per heavy atom. The number of nitrogens with one attached hydrogen (secondary N) is 2. The summed E-state index contributed by atoms with van der Waals surface area (Å²) >= 11 is 0. The SMILES string of the molecule is CCCCCC(C)NS(=O)(=O)c1ccn[nH]1. The quantitative estimate of drug-likeness (QED) is 0.717. The van der Waals surface area contributed by atoms with E-state index in [4.69, 9.17) is 0 Å². The molecule has 5 nitrogen and oxygen atoms in total. The van der Waals surface area contributed by atoms with E-state index >= 15 is 0 Å². The molecule has 0 spiro atoms. The van der Waals surface area contributed by atoms with Gasteiger partial charge in [0.15, 0.2) is 5.03 Å².